The topological polar surface area (TPSA) is 149 Å². The first-order valence-corrected chi connectivity index (χ1v) is 22.2. The first-order valence-electron chi connectivity index (χ1n) is 20.7. The Morgan fingerprint density at radius 1 is 0.554 bits per heavy atom. The van der Waals surface area contributed by atoms with Crippen LogP contribution in [-0.2, 0) is 32.7 Å². The van der Waals surface area contributed by atoms with E-state index in [0.717, 1.165) is 51.4 Å². The van der Waals surface area contributed by atoms with Gasteiger partial charge >= 0.3 is 19.8 Å². The zero-order valence-corrected chi connectivity index (χ0v) is 35.2. The first kappa shape index (κ1) is 52.9. The number of unbranched alkanes of at least 4 members (excludes halogenated alkanes) is 7. The number of ether oxygens (including phenoxy) is 2. The molecular formula is C45H73O10P. The van der Waals surface area contributed by atoms with Crippen molar-refractivity contribution in [3.63, 3.8) is 0 Å². The van der Waals surface area contributed by atoms with E-state index in [9.17, 15) is 24.2 Å². The zero-order chi connectivity index (χ0) is 41.2. The third kappa shape index (κ3) is 39.1. The molecule has 0 radical (unpaired) electrons. The van der Waals surface area contributed by atoms with Crippen molar-refractivity contribution >= 4 is 19.8 Å². The van der Waals surface area contributed by atoms with E-state index in [4.69, 9.17) is 19.1 Å². The Labute approximate surface area is 338 Å². The summed E-state index contributed by atoms with van der Waals surface area (Å²) in [5, 5.41) is 18.3. The summed E-state index contributed by atoms with van der Waals surface area (Å²) >= 11 is 0. The minimum atomic E-state index is -4.65. The van der Waals surface area contributed by atoms with Crippen LogP contribution in [0.2, 0.25) is 0 Å². The average molecular weight is 805 g/mol. The molecule has 0 heterocycles. The molecule has 3 atom stereocenters. The predicted octanol–water partition coefficient (Wildman–Crippen LogP) is 10.8. The standard InChI is InChI=1S/C45H73O10P/c1-3-5-7-9-11-13-15-17-18-19-20-21-22-23-25-26-28-30-32-34-36-44(48)52-40-43(41-54-56(50,51)53-39-42(47)38-46)55-45(49)37-35-33-31-29-27-24-16-14-12-10-8-6-4-2/h5,7,11,13,17-18,20-21,23-25,27-28,30-31,33,42-43,46-47H,3-4,6,8-10,12,14-16,19,22,26,29,32,34-41H2,1-2H3,(H,50,51)/b7-5+,13-11+,18-17+,21-20+,25-23+,27-24+,30-28+,33-31+/t42-,43?/m1/s1. The first-order chi connectivity index (χ1) is 27.2. The Morgan fingerprint density at radius 2 is 1.02 bits per heavy atom. The van der Waals surface area contributed by atoms with Crippen LogP contribution in [-0.4, -0.2) is 65.7 Å². The summed E-state index contributed by atoms with van der Waals surface area (Å²) in [6.07, 6.45) is 48.3. The lowest BCUT2D eigenvalue weighted by Crippen LogP contribution is -2.29. The summed E-state index contributed by atoms with van der Waals surface area (Å²) < 4.78 is 32.5. The minimum absolute atomic E-state index is 0.0599. The fourth-order valence-electron chi connectivity index (χ4n) is 4.82. The van der Waals surface area contributed by atoms with Gasteiger partial charge in [-0.1, -0.05) is 143 Å². The lowest BCUT2D eigenvalue weighted by atomic mass is 10.1. The van der Waals surface area contributed by atoms with Crippen LogP contribution >= 0.6 is 7.82 Å². The molecule has 10 nitrogen and oxygen atoms in total. The summed E-state index contributed by atoms with van der Waals surface area (Å²) in [6, 6.07) is 0. The molecular weight excluding hydrogens is 731 g/mol. The van der Waals surface area contributed by atoms with Gasteiger partial charge in [0.15, 0.2) is 6.10 Å². The third-order valence-electron chi connectivity index (χ3n) is 7.99. The van der Waals surface area contributed by atoms with Gasteiger partial charge in [0.25, 0.3) is 0 Å². The Bertz CT molecular complexity index is 1250. The molecule has 0 rings (SSSR count). The highest BCUT2D eigenvalue weighted by Gasteiger charge is 2.27. The molecule has 0 saturated heterocycles. The number of carbonyl (C=O) groups is 2. The van der Waals surface area contributed by atoms with Gasteiger partial charge < -0.3 is 24.6 Å². The molecule has 56 heavy (non-hydrogen) atoms. The largest absolute Gasteiger partial charge is 0.472 e. The van der Waals surface area contributed by atoms with Crippen LogP contribution in [0.4, 0.5) is 0 Å². The Kier molecular flexibility index (Phi) is 37.9. The van der Waals surface area contributed by atoms with Crippen molar-refractivity contribution in [2.45, 2.75) is 148 Å². The van der Waals surface area contributed by atoms with Crippen molar-refractivity contribution in [1.82, 2.24) is 0 Å². The van der Waals surface area contributed by atoms with Crippen molar-refractivity contribution in [2.75, 3.05) is 26.4 Å². The molecule has 0 bridgehead atoms. The highest BCUT2D eigenvalue weighted by molar-refractivity contribution is 7.47. The van der Waals surface area contributed by atoms with Gasteiger partial charge in [0.2, 0.25) is 0 Å². The van der Waals surface area contributed by atoms with Crippen LogP contribution in [0.5, 0.6) is 0 Å². The zero-order valence-electron chi connectivity index (χ0n) is 34.3. The van der Waals surface area contributed by atoms with Gasteiger partial charge in [-0.15, -0.1) is 0 Å². The van der Waals surface area contributed by atoms with Crippen molar-refractivity contribution in [3.05, 3.63) is 97.2 Å². The monoisotopic (exact) mass is 804 g/mol. The number of rotatable bonds is 37. The highest BCUT2D eigenvalue weighted by atomic mass is 31.2. The third-order valence-corrected chi connectivity index (χ3v) is 8.94. The van der Waals surface area contributed by atoms with E-state index in [2.05, 4.69) is 91.3 Å². The smallest absolute Gasteiger partial charge is 0.462 e. The van der Waals surface area contributed by atoms with Crippen molar-refractivity contribution in [1.29, 1.82) is 0 Å². The molecule has 0 saturated carbocycles. The number of aliphatic hydroxyl groups is 2. The van der Waals surface area contributed by atoms with Crippen LogP contribution in [0, 0.1) is 0 Å². The van der Waals surface area contributed by atoms with E-state index in [1.165, 1.54) is 38.5 Å². The summed E-state index contributed by atoms with van der Waals surface area (Å²) in [7, 11) is -4.65. The molecule has 2 unspecified atom stereocenters. The average Bonchev–Trinajstić information content (AvgIpc) is 3.19. The number of esters is 2. The Balaban J connectivity index is 4.50. The van der Waals surface area contributed by atoms with Crippen LogP contribution in [0.1, 0.15) is 136 Å². The summed E-state index contributed by atoms with van der Waals surface area (Å²) in [4.78, 5) is 34.9. The van der Waals surface area contributed by atoms with Gasteiger partial charge in [0.1, 0.15) is 12.7 Å². The number of phosphoric acid groups is 1. The predicted molar refractivity (Wildman–Crippen MR) is 228 cm³/mol. The van der Waals surface area contributed by atoms with Crippen molar-refractivity contribution in [2.24, 2.45) is 0 Å². The summed E-state index contributed by atoms with van der Waals surface area (Å²) in [5.74, 6) is -1.08. The normalized spacial score (nSPS) is 14.9. The van der Waals surface area contributed by atoms with E-state index < -0.39 is 51.8 Å². The number of carbonyl (C=O) groups excluding carboxylic acids is 2. The molecule has 0 spiro atoms. The van der Waals surface area contributed by atoms with Crippen LogP contribution < -0.4 is 0 Å². The Hall–Kier alpha value is -3.11. The van der Waals surface area contributed by atoms with E-state index in [1.54, 1.807) is 0 Å². The molecule has 0 aromatic carbocycles. The fourth-order valence-corrected chi connectivity index (χ4v) is 5.61. The number of hydrogen-bond donors (Lipinski definition) is 3. The van der Waals surface area contributed by atoms with E-state index in [1.807, 2.05) is 24.3 Å². The number of phosphoric ester groups is 1. The van der Waals surface area contributed by atoms with Gasteiger partial charge in [-0.25, -0.2) is 4.57 Å². The Morgan fingerprint density at radius 3 is 1.55 bits per heavy atom. The maximum atomic E-state index is 12.5. The lowest BCUT2D eigenvalue weighted by molar-refractivity contribution is -0.161. The minimum Gasteiger partial charge on any atom is -0.462 e. The number of hydrogen-bond acceptors (Lipinski definition) is 9. The molecule has 0 amide bonds. The van der Waals surface area contributed by atoms with Gasteiger partial charge in [-0.2, -0.15) is 0 Å². The maximum absolute atomic E-state index is 12.5. The quantitative estimate of drug-likeness (QED) is 0.0240. The maximum Gasteiger partial charge on any atom is 0.472 e. The molecule has 0 aromatic heterocycles. The molecule has 0 aliphatic carbocycles. The van der Waals surface area contributed by atoms with Gasteiger partial charge in [-0.3, -0.25) is 18.6 Å². The van der Waals surface area contributed by atoms with Gasteiger partial charge in [0, 0.05) is 12.8 Å². The molecule has 11 heteroatoms. The fraction of sp³-hybridized carbons (Fsp3) is 0.600. The van der Waals surface area contributed by atoms with Crippen molar-refractivity contribution in [3.8, 4) is 0 Å². The second kappa shape index (κ2) is 40.1. The molecule has 0 aliphatic heterocycles. The van der Waals surface area contributed by atoms with Crippen LogP contribution in [0.3, 0.4) is 0 Å². The van der Waals surface area contributed by atoms with Crippen LogP contribution in [0.15, 0.2) is 97.2 Å². The number of allylic oxidation sites excluding steroid dienone is 16. The van der Waals surface area contributed by atoms with E-state index in [0.29, 0.717) is 19.3 Å². The summed E-state index contributed by atoms with van der Waals surface area (Å²) in [5.41, 5.74) is 0. The molecule has 0 aromatic rings. The van der Waals surface area contributed by atoms with E-state index >= 15 is 0 Å². The van der Waals surface area contributed by atoms with Crippen LogP contribution in [0.25, 0.3) is 0 Å². The van der Waals surface area contributed by atoms with E-state index in [-0.39, 0.29) is 19.4 Å². The number of aliphatic hydroxyl groups excluding tert-OH is 2. The molecule has 0 fully saturated rings. The SMILES string of the molecule is CC/C=C/C/C=C/C/C=C/C/C=C/C/C=C/C/C=C/CCCC(=O)OCC(COP(=O)(O)OC[C@H](O)CO)OC(=O)CC/C=C/C/C=C/CCCCCCCC. The van der Waals surface area contributed by atoms with Crippen molar-refractivity contribution < 1.29 is 47.8 Å². The second-order valence-electron chi connectivity index (χ2n) is 13.3. The second-order valence-corrected chi connectivity index (χ2v) is 14.7. The molecule has 0 aliphatic rings. The molecule has 3 N–H and O–H groups in total. The highest BCUT2D eigenvalue weighted by Crippen LogP contribution is 2.43. The van der Waals surface area contributed by atoms with Gasteiger partial charge in [0.05, 0.1) is 19.8 Å². The summed E-state index contributed by atoms with van der Waals surface area (Å²) in [6.45, 7) is 2.09. The lowest BCUT2D eigenvalue weighted by Gasteiger charge is -2.20. The van der Waals surface area contributed by atoms with Gasteiger partial charge in [-0.05, 0) is 77.0 Å². The molecule has 318 valence electrons.